The molecule has 0 aromatic rings. The van der Waals surface area contributed by atoms with Crippen molar-refractivity contribution in [2.24, 2.45) is 56.2 Å². The van der Waals surface area contributed by atoms with Gasteiger partial charge in [0.15, 0.2) is 0 Å². The Labute approximate surface area is 221 Å². The fourth-order valence-corrected chi connectivity index (χ4v) is 11.8. The summed E-state index contributed by atoms with van der Waals surface area (Å²) in [6.07, 6.45) is 14.8. The third-order valence-corrected chi connectivity index (χ3v) is 14.5. The summed E-state index contributed by atoms with van der Waals surface area (Å²) in [5.41, 5.74) is 2.57. The molecule has 0 heterocycles. The Hall–Kier alpha value is -0.240. The van der Waals surface area contributed by atoms with Crippen LogP contribution in [0.1, 0.15) is 126 Å². The van der Waals surface area contributed by atoms with Crippen molar-refractivity contribution in [2.75, 3.05) is 5.88 Å². The molecule has 5 aliphatic carbocycles. The average molecular weight is 505 g/mol. The molecule has 0 N–H and O–H groups in total. The highest BCUT2D eigenvalue weighted by Crippen LogP contribution is 2.78. The summed E-state index contributed by atoms with van der Waals surface area (Å²) in [5, 5.41) is 0. The number of carbonyl (C=O) groups is 1. The van der Waals surface area contributed by atoms with E-state index >= 15 is 0 Å². The van der Waals surface area contributed by atoms with E-state index in [-0.39, 0.29) is 23.4 Å². The van der Waals surface area contributed by atoms with Crippen LogP contribution >= 0.6 is 11.6 Å². The normalized spacial score (nSPS) is 55.1. The zero-order valence-electron chi connectivity index (χ0n) is 24.1. The molecule has 5 aliphatic rings. The van der Waals surface area contributed by atoms with Gasteiger partial charge in [0.2, 0.25) is 0 Å². The van der Waals surface area contributed by atoms with Crippen LogP contribution in [-0.4, -0.2) is 18.0 Å². The number of esters is 1. The molecular formula is C32H53ClO2. The molecule has 35 heavy (non-hydrogen) atoms. The lowest BCUT2D eigenvalue weighted by Gasteiger charge is -2.75. The maximum absolute atomic E-state index is 12.0. The van der Waals surface area contributed by atoms with Crippen molar-refractivity contribution in [3.8, 4) is 0 Å². The zero-order valence-corrected chi connectivity index (χ0v) is 24.8. The van der Waals surface area contributed by atoms with Gasteiger partial charge in [-0.05, 0) is 127 Å². The topological polar surface area (TPSA) is 26.3 Å². The molecule has 3 heteroatoms. The Morgan fingerprint density at radius 3 is 2.06 bits per heavy atom. The Kier molecular flexibility index (Phi) is 6.13. The fourth-order valence-electron chi connectivity index (χ4n) is 11.7. The third kappa shape index (κ3) is 3.56. The first-order valence-corrected chi connectivity index (χ1v) is 15.4. The number of hydrogen-bond acceptors (Lipinski definition) is 2. The van der Waals surface area contributed by atoms with E-state index in [1.807, 2.05) is 0 Å². The minimum atomic E-state index is -0.243. The highest BCUT2D eigenvalue weighted by Gasteiger charge is 2.70. The summed E-state index contributed by atoms with van der Waals surface area (Å²) in [6.45, 7) is 20.8. The van der Waals surface area contributed by atoms with Gasteiger partial charge in [0.1, 0.15) is 12.0 Å². The van der Waals surface area contributed by atoms with Crippen LogP contribution in [0.5, 0.6) is 0 Å². The standard InChI is InChI=1S/C32H53ClO2/c1-21-22(35-26(34)20-33)9-10-23-29(21,5)12-11-24-30(23,6)16-18-32(8)25-19-27(2,3)13-14-28(25,4)15-17-31(24,32)7/h21-25H,9-20H2,1-8H3/t21-,22+,23-,24-,25+,28-,29-,30-,31-,32+/m1/s1. The van der Waals surface area contributed by atoms with E-state index in [0.29, 0.717) is 33.0 Å². The summed E-state index contributed by atoms with van der Waals surface area (Å²) in [6, 6.07) is 0. The first kappa shape index (κ1) is 26.4. The van der Waals surface area contributed by atoms with Crippen LogP contribution in [0.2, 0.25) is 0 Å². The van der Waals surface area contributed by atoms with Crippen molar-refractivity contribution < 1.29 is 9.53 Å². The molecule has 0 amide bonds. The summed E-state index contributed by atoms with van der Waals surface area (Å²) in [4.78, 5) is 12.0. The van der Waals surface area contributed by atoms with Gasteiger partial charge < -0.3 is 4.74 Å². The van der Waals surface area contributed by atoms with Crippen LogP contribution in [0.3, 0.4) is 0 Å². The summed E-state index contributed by atoms with van der Waals surface area (Å²) in [5.74, 6) is 2.53. The van der Waals surface area contributed by atoms with Crippen LogP contribution in [-0.2, 0) is 9.53 Å². The quantitative estimate of drug-likeness (QED) is 0.277. The van der Waals surface area contributed by atoms with Gasteiger partial charge in [-0.1, -0.05) is 55.4 Å². The number of hydrogen-bond donors (Lipinski definition) is 0. The highest BCUT2D eigenvalue weighted by atomic mass is 35.5. The van der Waals surface area contributed by atoms with Crippen molar-refractivity contribution in [3.05, 3.63) is 0 Å². The van der Waals surface area contributed by atoms with Crippen molar-refractivity contribution in [1.82, 2.24) is 0 Å². The summed E-state index contributed by atoms with van der Waals surface area (Å²) in [7, 11) is 0. The van der Waals surface area contributed by atoms with Gasteiger partial charge in [-0.15, -0.1) is 11.6 Å². The van der Waals surface area contributed by atoms with Gasteiger partial charge in [0.05, 0.1) is 0 Å². The molecule has 0 spiro atoms. The molecule has 5 rings (SSSR count). The Morgan fingerprint density at radius 1 is 0.743 bits per heavy atom. The smallest absolute Gasteiger partial charge is 0.321 e. The fraction of sp³-hybridized carbons (Fsp3) is 0.969. The zero-order chi connectivity index (χ0) is 25.7. The van der Waals surface area contributed by atoms with E-state index in [4.69, 9.17) is 16.3 Å². The second kappa shape index (κ2) is 8.13. The lowest BCUT2D eigenvalue weighted by atomic mass is 9.30. The van der Waals surface area contributed by atoms with Crippen LogP contribution < -0.4 is 0 Å². The van der Waals surface area contributed by atoms with Gasteiger partial charge in [-0.2, -0.15) is 0 Å². The predicted octanol–water partition coefficient (Wildman–Crippen LogP) is 9.04. The van der Waals surface area contributed by atoms with Gasteiger partial charge in [0.25, 0.3) is 0 Å². The van der Waals surface area contributed by atoms with Crippen molar-refractivity contribution in [1.29, 1.82) is 0 Å². The van der Waals surface area contributed by atoms with Crippen molar-refractivity contribution in [3.63, 3.8) is 0 Å². The molecular weight excluding hydrogens is 452 g/mol. The number of halogens is 1. The molecule has 0 bridgehead atoms. The molecule has 0 aromatic heterocycles. The second-order valence-electron chi connectivity index (χ2n) is 16.1. The van der Waals surface area contributed by atoms with Gasteiger partial charge in [0, 0.05) is 0 Å². The van der Waals surface area contributed by atoms with Crippen molar-refractivity contribution >= 4 is 17.6 Å². The maximum Gasteiger partial charge on any atom is 0.321 e. The van der Waals surface area contributed by atoms with Crippen LogP contribution in [0, 0.1) is 56.2 Å². The molecule has 0 radical (unpaired) electrons. The monoisotopic (exact) mass is 504 g/mol. The first-order chi connectivity index (χ1) is 16.2. The van der Waals surface area contributed by atoms with E-state index < -0.39 is 0 Å². The first-order valence-electron chi connectivity index (χ1n) is 14.9. The lowest BCUT2D eigenvalue weighted by Crippen LogP contribution is -2.68. The van der Waals surface area contributed by atoms with E-state index in [2.05, 4.69) is 55.4 Å². The number of alkyl halides is 1. The SMILES string of the molecule is C[C@@H]1[C@@H](OC(=O)CCl)CC[C@@H]2[C@]1(C)CC[C@@H]1[C@]2(C)CC[C@@]2(C)[C@H]3CC(C)(C)CC[C@]3(C)CC[C@]12C. The highest BCUT2D eigenvalue weighted by molar-refractivity contribution is 6.26. The maximum atomic E-state index is 12.0. The Morgan fingerprint density at radius 2 is 1.37 bits per heavy atom. The molecule has 0 unspecified atom stereocenters. The largest absolute Gasteiger partial charge is 0.461 e. The minimum absolute atomic E-state index is 0.0308. The molecule has 10 atom stereocenters. The third-order valence-electron chi connectivity index (χ3n) is 14.3. The number of carbonyl (C=O) groups excluding carboxylic acids is 1. The van der Waals surface area contributed by atoms with Gasteiger partial charge >= 0.3 is 5.97 Å². The van der Waals surface area contributed by atoms with Crippen molar-refractivity contribution in [2.45, 2.75) is 132 Å². The van der Waals surface area contributed by atoms with Crippen LogP contribution in [0.25, 0.3) is 0 Å². The molecule has 200 valence electrons. The van der Waals surface area contributed by atoms with E-state index in [1.165, 1.54) is 64.2 Å². The number of fused-ring (bicyclic) bond motifs is 7. The van der Waals surface area contributed by atoms with Gasteiger partial charge in [-0.25, -0.2) is 0 Å². The molecule has 0 aliphatic heterocycles. The molecule has 5 saturated carbocycles. The molecule has 0 aromatic carbocycles. The lowest BCUT2D eigenvalue weighted by molar-refractivity contribution is -0.263. The van der Waals surface area contributed by atoms with E-state index in [1.54, 1.807) is 0 Å². The summed E-state index contributed by atoms with van der Waals surface area (Å²) < 4.78 is 5.88. The molecule has 0 saturated heterocycles. The number of rotatable bonds is 2. The number of ether oxygens (including phenoxy) is 1. The Bertz CT molecular complexity index is 868. The predicted molar refractivity (Wildman–Crippen MR) is 145 cm³/mol. The van der Waals surface area contributed by atoms with Gasteiger partial charge in [-0.3, -0.25) is 4.79 Å². The van der Waals surface area contributed by atoms with E-state index in [0.717, 1.165) is 24.2 Å². The second-order valence-corrected chi connectivity index (χ2v) is 16.4. The molecule has 2 nitrogen and oxygen atoms in total. The summed E-state index contributed by atoms with van der Waals surface area (Å²) >= 11 is 5.80. The average Bonchev–Trinajstić information content (AvgIpc) is 2.79. The molecule has 5 fully saturated rings. The van der Waals surface area contributed by atoms with Crippen LogP contribution in [0.4, 0.5) is 0 Å². The van der Waals surface area contributed by atoms with Crippen LogP contribution in [0.15, 0.2) is 0 Å². The Balaban J connectivity index is 1.47. The van der Waals surface area contributed by atoms with E-state index in [9.17, 15) is 4.79 Å². The minimum Gasteiger partial charge on any atom is -0.461 e.